The van der Waals surface area contributed by atoms with Gasteiger partial charge in [0.1, 0.15) is 5.75 Å². The minimum absolute atomic E-state index is 0.0685. The molecule has 0 unspecified atom stereocenters. The lowest BCUT2D eigenvalue weighted by molar-refractivity contribution is -0.137. The van der Waals surface area contributed by atoms with E-state index in [2.05, 4.69) is 10.3 Å². The van der Waals surface area contributed by atoms with E-state index in [0.29, 0.717) is 0 Å². The third kappa shape index (κ3) is 3.55. The highest BCUT2D eigenvalue weighted by atomic mass is 35.5. The average molecular weight is 355 g/mol. The average Bonchev–Trinajstić information content (AvgIpc) is 2.57. The second-order valence-corrected chi connectivity index (χ2v) is 5.64. The molecule has 3 nitrogen and oxygen atoms in total. The van der Waals surface area contributed by atoms with Crippen molar-refractivity contribution in [1.29, 1.82) is 0 Å². The van der Waals surface area contributed by atoms with Crippen LogP contribution < -0.4 is 10.1 Å². The van der Waals surface area contributed by atoms with Crippen LogP contribution in [0.2, 0.25) is 5.02 Å². The summed E-state index contributed by atoms with van der Waals surface area (Å²) in [6.45, 7) is 1.55. The molecule has 24 heavy (non-hydrogen) atoms. The van der Waals surface area contributed by atoms with Crippen LogP contribution in [-0.4, -0.2) is 18.1 Å². The summed E-state index contributed by atoms with van der Waals surface area (Å²) < 4.78 is 44.5. The normalized spacial score (nSPS) is 15.1. The maximum atomic E-state index is 13.0. The highest BCUT2D eigenvalue weighted by Gasteiger charge is 2.34. The molecule has 126 valence electrons. The summed E-state index contributed by atoms with van der Waals surface area (Å²) in [4.78, 5) is 4.16. The van der Waals surface area contributed by atoms with Gasteiger partial charge in [0, 0.05) is 18.3 Å². The third-order valence-corrected chi connectivity index (χ3v) is 4.05. The molecule has 0 spiro atoms. The number of pyridine rings is 1. The molecule has 0 aliphatic carbocycles. The van der Waals surface area contributed by atoms with E-state index >= 15 is 0 Å². The van der Waals surface area contributed by atoms with Gasteiger partial charge in [-0.3, -0.25) is 0 Å². The molecule has 0 radical (unpaired) electrons. The first-order valence-corrected chi connectivity index (χ1v) is 7.73. The number of hydrogen-bond acceptors (Lipinski definition) is 3. The van der Waals surface area contributed by atoms with Crippen molar-refractivity contribution in [3.05, 3.63) is 58.8 Å². The van der Waals surface area contributed by atoms with Gasteiger partial charge in [-0.2, -0.15) is 13.2 Å². The molecule has 7 heteroatoms. The molecule has 1 N–H and O–H groups in total. The summed E-state index contributed by atoms with van der Waals surface area (Å²) in [5.41, 5.74) is 0.868. The smallest absolute Gasteiger partial charge is 0.417 e. The summed E-state index contributed by atoms with van der Waals surface area (Å²) >= 11 is 5.88. The lowest BCUT2D eigenvalue weighted by atomic mass is 10.0. The zero-order valence-corrected chi connectivity index (χ0v) is 13.3. The molecule has 0 amide bonds. The van der Waals surface area contributed by atoms with Gasteiger partial charge in [-0.15, -0.1) is 0 Å². The molecule has 2 aromatic rings. The molecule has 0 saturated heterocycles. The highest BCUT2D eigenvalue weighted by molar-refractivity contribution is 6.32. The van der Waals surface area contributed by atoms with Crippen molar-refractivity contribution >= 4 is 17.2 Å². The fraction of sp³-hybridized carbons (Fsp3) is 0.235. The van der Waals surface area contributed by atoms with Crippen LogP contribution in [0.5, 0.6) is 11.6 Å². The van der Waals surface area contributed by atoms with Crippen molar-refractivity contribution in [3.63, 3.8) is 0 Å². The molecule has 2 heterocycles. The van der Waals surface area contributed by atoms with Crippen molar-refractivity contribution in [2.45, 2.75) is 12.6 Å². The number of nitrogens with zero attached hydrogens (tertiary/aromatic N) is 1. The topological polar surface area (TPSA) is 34.1 Å². The van der Waals surface area contributed by atoms with E-state index in [4.69, 9.17) is 16.3 Å². The minimum atomic E-state index is -4.54. The summed E-state index contributed by atoms with van der Waals surface area (Å²) in [6, 6.07) is 7.17. The zero-order chi connectivity index (χ0) is 17.2. The lowest BCUT2D eigenvalue weighted by Gasteiger charge is -2.18. The van der Waals surface area contributed by atoms with Crippen LogP contribution in [0, 0.1) is 0 Å². The van der Waals surface area contributed by atoms with E-state index in [9.17, 15) is 13.2 Å². The van der Waals surface area contributed by atoms with E-state index in [0.717, 1.165) is 36.7 Å². The first-order valence-electron chi connectivity index (χ1n) is 7.35. The summed E-state index contributed by atoms with van der Waals surface area (Å²) in [7, 11) is 0. The predicted octanol–water partition coefficient (Wildman–Crippen LogP) is 4.92. The van der Waals surface area contributed by atoms with Gasteiger partial charge >= 0.3 is 6.18 Å². The molecule has 1 aromatic heterocycles. The summed E-state index contributed by atoms with van der Waals surface area (Å²) in [5.74, 6) is 0.174. The number of rotatable bonds is 3. The maximum Gasteiger partial charge on any atom is 0.417 e. The van der Waals surface area contributed by atoms with Crippen LogP contribution in [0.25, 0.3) is 5.57 Å². The van der Waals surface area contributed by atoms with Crippen LogP contribution >= 0.6 is 11.6 Å². The Morgan fingerprint density at radius 2 is 2.00 bits per heavy atom. The number of alkyl halides is 3. The van der Waals surface area contributed by atoms with E-state index in [-0.39, 0.29) is 11.6 Å². The largest absolute Gasteiger partial charge is 0.437 e. The number of nitrogens with one attached hydrogen (secondary N) is 1. The quantitative estimate of drug-likeness (QED) is 0.849. The number of ether oxygens (including phenoxy) is 1. The number of aromatic nitrogens is 1. The van der Waals surface area contributed by atoms with Gasteiger partial charge in [-0.05, 0) is 42.8 Å². The minimum Gasteiger partial charge on any atom is -0.437 e. The third-order valence-electron chi connectivity index (χ3n) is 3.66. The fourth-order valence-corrected chi connectivity index (χ4v) is 2.77. The van der Waals surface area contributed by atoms with Crippen LogP contribution in [-0.2, 0) is 6.18 Å². The Morgan fingerprint density at radius 1 is 1.17 bits per heavy atom. The van der Waals surface area contributed by atoms with Gasteiger partial charge in [-0.25, -0.2) is 4.98 Å². The first kappa shape index (κ1) is 16.8. The zero-order valence-electron chi connectivity index (χ0n) is 12.5. The van der Waals surface area contributed by atoms with Gasteiger partial charge in [0.15, 0.2) is 0 Å². The summed E-state index contributed by atoms with van der Waals surface area (Å²) in [5, 5.41) is 2.73. The number of halogens is 4. The van der Waals surface area contributed by atoms with Crippen LogP contribution in [0.1, 0.15) is 17.5 Å². The Kier molecular flexibility index (Phi) is 4.78. The van der Waals surface area contributed by atoms with E-state index in [1.54, 1.807) is 6.07 Å². The second-order valence-electron chi connectivity index (χ2n) is 5.26. The number of benzene rings is 1. The number of hydrogen-bond donors (Lipinski definition) is 1. The van der Waals surface area contributed by atoms with Gasteiger partial charge in [0.25, 0.3) is 0 Å². The van der Waals surface area contributed by atoms with Crippen molar-refractivity contribution in [2.24, 2.45) is 0 Å². The second kappa shape index (κ2) is 6.83. The Morgan fingerprint density at radius 3 is 2.71 bits per heavy atom. The van der Waals surface area contributed by atoms with Crippen LogP contribution in [0.15, 0.2) is 42.6 Å². The first-order chi connectivity index (χ1) is 11.5. The van der Waals surface area contributed by atoms with E-state index in [1.807, 2.05) is 12.1 Å². The fourth-order valence-electron chi connectivity index (χ4n) is 2.50. The van der Waals surface area contributed by atoms with Crippen molar-refractivity contribution in [1.82, 2.24) is 10.3 Å². The maximum absolute atomic E-state index is 13.0. The molecule has 3 rings (SSSR count). The van der Waals surface area contributed by atoms with Gasteiger partial charge < -0.3 is 10.1 Å². The molecule has 0 atom stereocenters. The van der Waals surface area contributed by atoms with Crippen LogP contribution in [0.4, 0.5) is 13.2 Å². The standard InChI is InChI=1S/C17H14ClF3N2O/c18-15-13(17(19,20)21)4-1-5-14(15)24-16-12(3-2-8-23-16)11-6-9-22-10-7-11/h1-6,8,22H,7,9-10H2. The Balaban J connectivity index is 1.97. The van der Waals surface area contributed by atoms with E-state index < -0.39 is 16.8 Å². The van der Waals surface area contributed by atoms with Crippen molar-refractivity contribution in [2.75, 3.05) is 13.1 Å². The molecule has 1 aliphatic heterocycles. The molecule has 1 aliphatic rings. The Hall–Kier alpha value is -2.05. The molecule has 0 saturated carbocycles. The van der Waals surface area contributed by atoms with Crippen molar-refractivity contribution in [3.8, 4) is 11.6 Å². The molecular weight excluding hydrogens is 341 g/mol. The molecule has 1 aromatic carbocycles. The lowest BCUT2D eigenvalue weighted by Crippen LogP contribution is -2.20. The summed E-state index contributed by atoms with van der Waals surface area (Å²) in [6.07, 6.45) is -0.206. The van der Waals surface area contributed by atoms with Gasteiger partial charge in [0.05, 0.1) is 10.6 Å². The SMILES string of the molecule is FC(F)(F)c1cccc(Oc2ncccc2C2=CCNCC2)c1Cl. The van der Waals surface area contributed by atoms with Crippen LogP contribution in [0.3, 0.4) is 0 Å². The predicted molar refractivity (Wildman–Crippen MR) is 86.2 cm³/mol. The van der Waals surface area contributed by atoms with E-state index in [1.165, 1.54) is 18.3 Å². The molecular formula is C17H14ClF3N2O. The molecule has 0 fully saturated rings. The Bertz CT molecular complexity index is 775. The van der Waals surface area contributed by atoms with Gasteiger partial charge in [0.2, 0.25) is 5.88 Å². The van der Waals surface area contributed by atoms with Crippen molar-refractivity contribution < 1.29 is 17.9 Å². The Labute approximate surface area is 142 Å². The highest BCUT2D eigenvalue weighted by Crippen LogP contribution is 2.41. The van der Waals surface area contributed by atoms with Gasteiger partial charge in [-0.1, -0.05) is 23.7 Å². The molecule has 0 bridgehead atoms. The monoisotopic (exact) mass is 354 g/mol.